The van der Waals surface area contributed by atoms with E-state index >= 15 is 0 Å². The normalized spacial score (nSPS) is 12.6. The lowest BCUT2D eigenvalue weighted by Crippen LogP contribution is -2.09. The van der Waals surface area contributed by atoms with Crippen molar-refractivity contribution in [2.45, 2.75) is 12.8 Å². The third-order valence-corrected chi connectivity index (χ3v) is 5.34. The van der Waals surface area contributed by atoms with E-state index in [-0.39, 0.29) is 11.2 Å². The van der Waals surface area contributed by atoms with E-state index in [1.165, 1.54) is 39.7 Å². The van der Waals surface area contributed by atoms with Crippen LogP contribution in [0, 0.1) is 5.82 Å². The summed E-state index contributed by atoms with van der Waals surface area (Å²) in [5.74, 6) is -1.05. The number of anilines is 1. The second-order valence-corrected chi connectivity index (χ2v) is 7.28. The van der Waals surface area contributed by atoms with Crippen molar-refractivity contribution in [3.8, 4) is 11.3 Å². The van der Waals surface area contributed by atoms with E-state index in [0.717, 1.165) is 19.0 Å². The Morgan fingerprint density at radius 3 is 2.90 bits per heavy atom. The predicted molar refractivity (Wildman–Crippen MR) is 114 cm³/mol. The van der Waals surface area contributed by atoms with E-state index in [4.69, 9.17) is 0 Å². The molecule has 0 atom stereocenters. The first-order valence-corrected chi connectivity index (χ1v) is 9.84. The number of carbonyl (C=O) groups is 1. The molecule has 3 aromatic heterocycles. The van der Waals surface area contributed by atoms with Crippen LogP contribution in [0.5, 0.6) is 0 Å². The van der Waals surface area contributed by atoms with E-state index in [1.807, 2.05) is 12.1 Å². The first-order chi connectivity index (χ1) is 15.1. The molecule has 31 heavy (non-hydrogen) atoms. The first-order valence-electron chi connectivity index (χ1n) is 9.84. The number of halogens is 1. The minimum atomic E-state index is -1.13. The summed E-state index contributed by atoms with van der Waals surface area (Å²) in [7, 11) is 0. The smallest absolute Gasteiger partial charge is 0.341 e. The maximum Gasteiger partial charge on any atom is 0.341 e. The van der Waals surface area contributed by atoms with Crippen molar-refractivity contribution in [3.05, 3.63) is 83.6 Å². The van der Waals surface area contributed by atoms with Gasteiger partial charge in [0, 0.05) is 24.4 Å². The number of allylic oxidation sites excluding steroid dienone is 1. The monoisotopic (exact) mass is 415 g/mol. The van der Waals surface area contributed by atoms with Crippen molar-refractivity contribution in [2.75, 3.05) is 11.9 Å². The summed E-state index contributed by atoms with van der Waals surface area (Å²) in [5, 5.41) is 17.0. The van der Waals surface area contributed by atoms with Crippen LogP contribution < -0.4 is 5.32 Å². The fourth-order valence-corrected chi connectivity index (χ4v) is 3.86. The molecule has 5 rings (SSSR count). The summed E-state index contributed by atoms with van der Waals surface area (Å²) >= 11 is 0. The molecule has 0 unspecified atom stereocenters. The summed E-state index contributed by atoms with van der Waals surface area (Å²) in [6, 6.07) is 11.4. The van der Waals surface area contributed by atoms with Crippen molar-refractivity contribution >= 4 is 23.0 Å². The molecule has 3 heterocycles. The molecule has 0 bridgehead atoms. The largest absolute Gasteiger partial charge is 0.477 e. The number of rotatable bonds is 6. The van der Waals surface area contributed by atoms with Gasteiger partial charge in [-0.1, -0.05) is 30.3 Å². The highest BCUT2D eigenvalue weighted by Crippen LogP contribution is 2.30. The minimum absolute atomic E-state index is 0.0262. The van der Waals surface area contributed by atoms with Crippen LogP contribution >= 0.6 is 0 Å². The molecule has 0 amide bonds. The number of fused-ring (bicyclic) bond motifs is 2. The number of carboxylic acid groups (broad SMARTS) is 1. The van der Waals surface area contributed by atoms with E-state index in [0.29, 0.717) is 23.6 Å². The van der Waals surface area contributed by atoms with Crippen LogP contribution in [0.3, 0.4) is 0 Å². The molecule has 0 radical (unpaired) electrons. The molecular formula is C23H18FN5O2. The number of aromatic nitrogens is 4. The number of aromatic carboxylic acids is 1. The van der Waals surface area contributed by atoms with E-state index in [2.05, 4.69) is 38.6 Å². The van der Waals surface area contributed by atoms with Gasteiger partial charge >= 0.3 is 5.97 Å². The highest BCUT2D eigenvalue weighted by Gasteiger charge is 2.18. The van der Waals surface area contributed by atoms with Gasteiger partial charge in [-0.15, -0.1) is 0 Å². The number of hydrogen-bond donors (Lipinski definition) is 2. The fourth-order valence-electron chi connectivity index (χ4n) is 3.86. The zero-order valence-corrected chi connectivity index (χ0v) is 16.4. The van der Waals surface area contributed by atoms with E-state index < -0.39 is 11.8 Å². The van der Waals surface area contributed by atoms with Crippen LogP contribution in [0.1, 0.15) is 27.9 Å². The molecule has 0 spiro atoms. The summed E-state index contributed by atoms with van der Waals surface area (Å²) in [4.78, 5) is 19.9. The Hall–Kier alpha value is -4.07. The van der Waals surface area contributed by atoms with Crippen molar-refractivity contribution < 1.29 is 14.3 Å². The molecule has 4 aromatic rings. The first kappa shape index (κ1) is 18.9. The number of pyridine rings is 1. The van der Waals surface area contributed by atoms with Gasteiger partial charge in [-0.3, -0.25) is 4.98 Å². The third-order valence-electron chi connectivity index (χ3n) is 5.34. The van der Waals surface area contributed by atoms with Crippen LogP contribution in [-0.4, -0.2) is 37.2 Å². The van der Waals surface area contributed by atoms with Gasteiger partial charge in [-0.2, -0.15) is 9.61 Å². The van der Waals surface area contributed by atoms with Gasteiger partial charge in [0.05, 0.1) is 18.1 Å². The second-order valence-electron chi connectivity index (χ2n) is 7.28. The molecule has 7 nitrogen and oxygen atoms in total. The van der Waals surface area contributed by atoms with Crippen LogP contribution in [-0.2, 0) is 6.42 Å². The quantitative estimate of drug-likeness (QED) is 0.493. The molecule has 0 fully saturated rings. The number of benzene rings is 1. The summed E-state index contributed by atoms with van der Waals surface area (Å²) in [5.41, 5.74) is 4.88. The standard InChI is InChI=1S/C23H18FN5O2/c24-17-9-16(11-25-12-17)20-10-21(29-22(28-20)19(13-27-29)23(30)31)26-8-7-15-6-5-14-3-1-2-4-18(14)15/h1-4,6,9-13,26H,5,7-8H2,(H,30,31). The Morgan fingerprint density at radius 2 is 2.06 bits per heavy atom. The Labute approximate surface area is 176 Å². The van der Waals surface area contributed by atoms with E-state index in [1.54, 1.807) is 6.07 Å². The summed E-state index contributed by atoms with van der Waals surface area (Å²) < 4.78 is 15.1. The Bertz CT molecular complexity index is 1350. The molecule has 0 saturated carbocycles. The van der Waals surface area contributed by atoms with Crippen LogP contribution in [0.15, 0.2) is 61.1 Å². The lowest BCUT2D eigenvalue weighted by Gasteiger charge is -2.12. The molecule has 0 saturated heterocycles. The van der Waals surface area contributed by atoms with Gasteiger partial charge in [0.2, 0.25) is 0 Å². The van der Waals surface area contributed by atoms with Crippen molar-refractivity contribution in [1.29, 1.82) is 0 Å². The summed E-state index contributed by atoms with van der Waals surface area (Å²) in [6.07, 6.45) is 7.82. The van der Waals surface area contributed by atoms with Gasteiger partial charge in [0.1, 0.15) is 17.2 Å². The molecule has 1 aromatic carbocycles. The highest BCUT2D eigenvalue weighted by atomic mass is 19.1. The number of carboxylic acids is 1. The maximum atomic E-state index is 13.7. The van der Waals surface area contributed by atoms with Crippen molar-refractivity contribution in [2.24, 2.45) is 0 Å². The maximum absolute atomic E-state index is 13.7. The third kappa shape index (κ3) is 3.52. The van der Waals surface area contributed by atoms with Crippen LogP contribution in [0.25, 0.3) is 22.5 Å². The Balaban J connectivity index is 1.47. The molecule has 154 valence electrons. The average Bonchev–Trinajstić information content (AvgIpc) is 3.38. The molecule has 1 aliphatic rings. The lowest BCUT2D eigenvalue weighted by molar-refractivity contribution is 0.0698. The van der Waals surface area contributed by atoms with Crippen LogP contribution in [0.2, 0.25) is 0 Å². The Morgan fingerprint density at radius 1 is 1.19 bits per heavy atom. The fraction of sp³-hybridized carbons (Fsp3) is 0.130. The average molecular weight is 415 g/mol. The molecule has 1 aliphatic carbocycles. The zero-order chi connectivity index (χ0) is 21.4. The molecule has 8 heteroatoms. The van der Waals surface area contributed by atoms with Crippen LogP contribution in [0.4, 0.5) is 10.2 Å². The lowest BCUT2D eigenvalue weighted by atomic mass is 10.0. The summed E-state index contributed by atoms with van der Waals surface area (Å²) in [6.45, 7) is 0.613. The number of nitrogens with one attached hydrogen (secondary N) is 1. The molecule has 0 aliphatic heterocycles. The second kappa shape index (κ2) is 7.64. The van der Waals surface area contributed by atoms with Gasteiger partial charge in [0.25, 0.3) is 0 Å². The minimum Gasteiger partial charge on any atom is -0.477 e. The van der Waals surface area contributed by atoms with Crippen molar-refractivity contribution in [3.63, 3.8) is 0 Å². The van der Waals surface area contributed by atoms with Gasteiger partial charge in [-0.05, 0) is 35.6 Å². The predicted octanol–water partition coefficient (Wildman–Crippen LogP) is 4.07. The van der Waals surface area contributed by atoms with E-state index in [9.17, 15) is 14.3 Å². The van der Waals surface area contributed by atoms with Gasteiger partial charge < -0.3 is 10.4 Å². The molecular weight excluding hydrogens is 397 g/mol. The zero-order valence-electron chi connectivity index (χ0n) is 16.4. The topological polar surface area (TPSA) is 92.4 Å². The molecule has 2 N–H and O–H groups in total. The van der Waals surface area contributed by atoms with Gasteiger partial charge in [0.15, 0.2) is 5.65 Å². The van der Waals surface area contributed by atoms with Gasteiger partial charge in [-0.25, -0.2) is 14.2 Å². The number of hydrogen-bond acceptors (Lipinski definition) is 5. The van der Waals surface area contributed by atoms with Crippen molar-refractivity contribution in [1.82, 2.24) is 19.6 Å². The number of nitrogens with zero attached hydrogens (tertiary/aromatic N) is 4. The highest BCUT2D eigenvalue weighted by molar-refractivity contribution is 5.94. The Kier molecular flexibility index (Phi) is 4.66. The SMILES string of the molecule is O=C(O)c1cnn2c(NCCC3=CCc4ccccc43)cc(-c3cncc(F)c3)nc12.